The molecule has 0 spiro atoms. The van der Waals surface area contributed by atoms with Gasteiger partial charge in [0.2, 0.25) is 5.91 Å². The highest BCUT2D eigenvalue weighted by molar-refractivity contribution is 7.80. The van der Waals surface area contributed by atoms with Crippen LogP contribution in [-0.4, -0.2) is 65.1 Å². The molecular formula is C21H31FN4OS. The third kappa shape index (κ3) is 4.93. The number of carbonyl (C=O) groups excluding carboxylic acids is 1. The van der Waals surface area contributed by atoms with E-state index in [1.807, 2.05) is 15.9 Å². The summed E-state index contributed by atoms with van der Waals surface area (Å²) in [5, 5.41) is 4.18. The lowest BCUT2D eigenvalue weighted by Crippen LogP contribution is -2.60. The summed E-state index contributed by atoms with van der Waals surface area (Å²) in [6.07, 6.45) is 2.34. The highest BCUT2D eigenvalue weighted by Crippen LogP contribution is 2.23. The van der Waals surface area contributed by atoms with Gasteiger partial charge < -0.3 is 20.0 Å². The number of anilines is 1. The van der Waals surface area contributed by atoms with E-state index in [4.69, 9.17) is 12.2 Å². The first-order chi connectivity index (χ1) is 13.3. The number of halogens is 1. The Kier molecular flexibility index (Phi) is 6.43. The van der Waals surface area contributed by atoms with Crippen LogP contribution in [0.4, 0.5) is 10.1 Å². The summed E-state index contributed by atoms with van der Waals surface area (Å²) in [6, 6.07) is 7.20. The number of nitrogens with one attached hydrogen (secondary N) is 1. The van der Waals surface area contributed by atoms with E-state index in [9.17, 15) is 9.18 Å². The first-order valence-corrected chi connectivity index (χ1v) is 10.5. The zero-order chi connectivity index (χ0) is 20.3. The summed E-state index contributed by atoms with van der Waals surface area (Å²) in [5.41, 5.74) is 0.651. The standard InChI is InChI=1S/C21H31FN4OS/c1-16-15-21(2,3)23-20(28)26(16)10-6-9-19(27)25-13-11-24(12-14-25)18-8-5-4-7-17(18)22/h4-5,7-8,16H,6,9-15H2,1-3H3,(H,23,28)/t16-/m1/s1. The molecule has 0 aliphatic carbocycles. The predicted molar refractivity (Wildman–Crippen MR) is 115 cm³/mol. The van der Waals surface area contributed by atoms with Crippen LogP contribution < -0.4 is 10.2 Å². The minimum absolute atomic E-state index is 0.0285. The lowest BCUT2D eigenvalue weighted by atomic mass is 9.93. The fourth-order valence-corrected chi connectivity index (χ4v) is 4.79. The Bertz CT molecular complexity index is 718. The Morgan fingerprint density at radius 3 is 2.57 bits per heavy atom. The van der Waals surface area contributed by atoms with Crippen molar-refractivity contribution in [3.05, 3.63) is 30.1 Å². The van der Waals surface area contributed by atoms with E-state index in [0.717, 1.165) is 24.5 Å². The van der Waals surface area contributed by atoms with Crippen LogP contribution in [0.5, 0.6) is 0 Å². The molecule has 2 aliphatic heterocycles. The molecule has 0 saturated carbocycles. The van der Waals surface area contributed by atoms with Gasteiger partial charge >= 0.3 is 0 Å². The predicted octanol–water partition coefficient (Wildman–Crippen LogP) is 3.00. The van der Waals surface area contributed by atoms with E-state index >= 15 is 0 Å². The summed E-state index contributed by atoms with van der Waals surface area (Å²) in [4.78, 5) is 18.7. The maximum Gasteiger partial charge on any atom is 0.222 e. The number of piperazine rings is 1. The SMILES string of the molecule is C[C@@H]1CC(C)(C)NC(=S)N1CCCC(=O)N1CCN(c2ccccc2F)CC1. The van der Waals surface area contributed by atoms with Gasteiger partial charge in [0.15, 0.2) is 5.11 Å². The summed E-state index contributed by atoms with van der Waals surface area (Å²) in [7, 11) is 0. The highest BCUT2D eigenvalue weighted by atomic mass is 32.1. The van der Waals surface area contributed by atoms with Crippen molar-refractivity contribution in [3.8, 4) is 0 Å². The molecule has 7 heteroatoms. The van der Waals surface area contributed by atoms with Crippen molar-refractivity contribution in [2.75, 3.05) is 37.6 Å². The van der Waals surface area contributed by atoms with Crippen LogP contribution >= 0.6 is 12.2 Å². The Labute approximate surface area is 172 Å². The average molecular weight is 407 g/mol. The third-order valence-corrected chi connectivity index (χ3v) is 6.00. The molecule has 0 aromatic heterocycles. The maximum atomic E-state index is 13.9. The number of rotatable bonds is 5. The van der Waals surface area contributed by atoms with Crippen molar-refractivity contribution in [2.45, 2.75) is 51.6 Å². The molecule has 1 aromatic rings. The zero-order valence-electron chi connectivity index (χ0n) is 17.1. The van der Waals surface area contributed by atoms with Crippen LogP contribution in [0.25, 0.3) is 0 Å². The zero-order valence-corrected chi connectivity index (χ0v) is 17.9. The summed E-state index contributed by atoms with van der Waals surface area (Å²) in [6.45, 7) is 9.93. The van der Waals surface area contributed by atoms with Gasteiger partial charge in [-0.25, -0.2) is 4.39 Å². The van der Waals surface area contributed by atoms with E-state index < -0.39 is 0 Å². The molecule has 28 heavy (non-hydrogen) atoms. The summed E-state index contributed by atoms with van der Waals surface area (Å²) >= 11 is 5.51. The van der Waals surface area contributed by atoms with E-state index in [-0.39, 0.29) is 17.3 Å². The molecule has 1 amide bonds. The van der Waals surface area contributed by atoms with E-state index in [1.165, 1.54) is 6.07 Å². The van der Waals surface area contributed by atoms with Gasteiger partial charge in [0.25, 0.3) is 0 Å². The first kappa shape index (κ1) is 20.8. The monoisotopic (exact) mass is 406 g/mol. The van der Waals surface area contributed by atoms with Crippen LogP contribution in [0.1, 0.15) is 40.0 Å². The first-order valence-electron chi connectivity index (χ1n) is 10.1. The second-order valence-corrected chi connectivity index (χ2v) is 8.87. The topological polar surface area (TPSA) is 38.8 Å². The number of nitrogens with zero attached hydrogens (tertiary/aromatic N) is 3. The molecule has 3 rings (SSSR count). The van der Waals surface area contributed by atoms with Gasteiger partial charge in [-0.15, -0.1) is 0 Å². The van der Waals surface area contributed by atoms with Gasteiger partial charge in [0.05, 0.1) is 5.69 Å². The molecule has 2 aliphatic rings. The van der Waals surface area contributed by atoms with Crippen molar-refractivity contribution in [3.63, 3.8) is 0 Å². The van der Waals surface area contributed by atoms with Crippen molar-refractivity contribution >= 4 is 28.9 Å². The molecule has 0 bridgehead atoms. The molecule has 5 nitrogen and oxygen atoms in total. The molecule has 1 N–H and O–H groups in total. The van der Waals surface area contributed by atoms with Crippen molar-refractivity contribution in [2.24, 2.45) is 0 Å². The fourth-order valence-electron chi connectivity index (χ4n) is 4.25. The van der Waals surface area contributed by atoms with Gasteiger partial charge in [-0.05, 0) is 58.0 Å². The Hall–Kier alpha value is -1.89. The summed E-state index contributed by atoms with van der Waals surface area (Å²) < 4.78 is 13.9. The number of benzene rings is 1. The molecule has 2 saturated heterocycles. The van der Waals surface area contributed by atoms with Crippen molar-refractivity contribution in [1.82, 2.24) is 15.1 Å². The molecule has 0 unspecified atom stereocenters. The second-order valence-electron chi connectivity index (χ2n) is 8.48. The molecule has 1 aromatic carbocycles. The smallest absolute Gasteiger partial charge is 0.222 e. The highest BCUT2D eigenvalue weighted by Gasteiger charge is 2.33. The normalized spacial score (nSPS) is 22.2. The minimum atomic E-state index is -0.203. The van der Waals surface area contributed by atoms with Crippen LogP contribution in [0, 0.1) is 5.82 Å². The Morgan fingerprint density at radius 2 is 1.93 bits per heavy atom. The molecular weight excluding hydrogens is 375 g/mol. The van der Waals surface area contributed by atoms with E-state index in [2.05, 4.69) is 31.0 Å². The third-order valence-electron chi connectivity index (χ3n) is 5.66. The number of amides is 1. The number of para-hydroxylation sites is 1. The van der Waals surface area contributed by atoms with Gasteiger partial charge in [0.1, 0.15) is 5.82 Å². The number of thiocarbonyl (C=S) groups is 1. The largest absolute Gasteiger partial charge is 0.366 e. The van der Waals surface area contributed by atoms with Crippen molar-refractivity contribution in [1.29, 1.82) is 0 Å². The van der Waals surface area contributed by atoms with Crippen LogP contribution in [0.2, 0.25) is 0 Å². The van der Waals surface area contributed by atoms with Gasteiger partial charge in [-0.3, -0.25) is 4.79 Å². The summed E-state index contributed by atoms with van der Waals surface area (Å²) in [5.74, 6) is -0.0252. The molecule has 0 radical (unpaired) electrons. The Balaban J connectivity index is 1.43. The molecule has 1 atom stereocenters. The lowest BCUT2D eigenvalue weighted by Gasteiger charge is -2.45. The quantitative estimate of drug-likeness (QED) is 0.761. The van der Waals surface area contributed by atoms with Crippen LogP contribution in [0.15, 0.2) is 24.3 Å². The number of hydrogen-bond acceptors (Lipinski definition) is 3. The van der Waals surface area contributed by atoms with Crippen LogP contribution in [0.3, 0.4) is 0 Å². The van der Waals surface area contributed by atoms with E-state index in [1.54, 1.807) is 12.1 Å². The second kappa shape index (κ2) is 8.64. The van der Waals surface area contributed by atoms with E-state index in [0.29, 0.717) is 44.3 Å². The Morgan fingerprint density at radius 1 is 1.25 bits per heavy atom. The molecule has 154 valence electrons. The fraction of sp³-hybridized carbons (Fsp3) is 0.619. The van der Waals surface area contributed by atoms with Gasteiger partial charge in [-0.2, -0.15) is 0 Å². The average Bonchev–Trinajstić information content (AvgIpc) is 2.63. The van der Waals surface area contributed by atoms with Crippen LogP contribution in [-0.2, 0) is 4.79 Å². The lowest BCUT2D eigenvalue weighted by molar-refractivity contribution is -0.131. The number of hydrogen-bond donors (Lipinski definition) is 1. The van der Waals surface area contributed by atoms with Crippen molar-refractivity contribution < 1.29 is 9.18 Å². The molecule has 2 heterocycles. The number of carbonyl (C=O) groups is 1. The minimum Gasteiger partial charge on any atom is -0.366 e. The van der Waals surface area contributed by atoms with Gasteiger partial charge in [-0.1, -0.05) is 12.1 Å². The molecule has 2 fully saturated rings. The maximum absolute atomic E-state index is 13.9. The van der Waals surface area contributed by atoms with Gasteiger partial charge in [0, 0.05) is 50.7 Å².